The van der Waals surface area contributed by atoms with Crippen LogP contribution in [0, 0.1) is 37.1 Å². The van der Waals surface area contributed by atoms with Gasteiger partial charge in [-0.15, -0.1) is 0 Å². The fourth-order valence-corrected chi connectivity index (χ4v) is 3.36. The summed E-state index contributed by atoms with van der Waals surface area (Å²) in [6.07, 6.45) is 1.57. The molecule has 4 nitrogen and oxygen atoms in total. The summed E-state index contributed by atoms with van der Waals surface area (Å²) >= 11 is 0. The Morgan fingerprint density at radius 1 is 0.968 bits per heavy atom. The molecule has 4 aromatic rings. The quantitative estimate of drug-likeness (QED) is 0.352. The number of halogens is 4. The Hall–Kier alpha value is -3.68. The van der Waals surface area contributed by atoms with Gasteiger partial charge in [0.05, 0.1) is 23.5 Å². The van der Waals surface area contributed by atoms with E-state index in [0.29, 0.717) is 28.2 Å². The molecule has 0 spiro atoms. The number of pyridine rings is 1. The summed E-state index contributed by atoms with van der Waals surface area (Å²) in [4.78, 5) is 17.2. The third-order valence-corrected chi connectivity index (χ3v) is 4.93. The van der Waals surface area contributed by atoms with Crippen LogP contribution >= 0.6 is 0 Å². The van der Waals surface area contributed by atoms with E-state index in [9.17, 15) is 22.4 Å². The molecule has 31 heavy (non-hydrogen) atoms. The Bertz CT molecular complexity index is 1330. The average Bonchev–Trinajstić information content (AvgIpc) is 3.08. The van der Waals surface area contributed by atoms with Gasteiger partial charge in [0.1, 0.15) is 11.5 Å². The first-order valence-corrected chi connectivity index (χ1v) is 9.42. The topological polar surface area (TPSA) is 46.4 Å². The monoisotopic (exact) mass is 427 g/mol. The zero-order chi connectivity index (χ0) is 22.3. The summed E-state index contributed by atoms with van der Waals surface area (Å²) in [5.74, 6) is -5.49. The van der Waals surface area contributed by atoms with Crippen molar-refractivity contribution in [3.05, 3.63) is 88.8 Å². The molecule has 2 heterocycles. The Morgan fingerprint density at radius 2 is 1.71 bits per heavy atom. The Morgan fingerprint density at radius 3 is 2.45 bits per heavy atom. The molecular weight excluding hydrogens is 410 g/mol. The number of amides is 1. The lowest BCUT2D eigenvalue weighted by Crippen LogP contribution is -2.17. The summed E-state index contributed by atoms with van der Waals surface area (Å²) in [6.45, 7) is 3.50. The zero-order valence-electron chi connectivity index (χ0n) is 16.6. The van der Waals surface area contributed by atoms with Gasteiger partial charge in [0.15, 0.2) is 17.5 Å². The highest BCUT2D eigenvalue weighted by Gasteiger charge is 2.20. The van der Waals surface area contributed by atoms with Crippen molar-refractivity contribution in [1.82, 2.24) is 9.38 Å². The number of benzene rings is 2. The fraction of sp³-hybridized carbons (Fsp3) is 0.130. The van der Waals surface area contributed by atoms with Crippen LogP contribution in [0.5, 0.6) is 0 Å². The van der Waals surface area contributed by atoms with Crippen LogP contribution in [0.15, 0.2) is 48.7 Å². The van der Waals surface area contributed by atoms with E-state index in [0.717, 1.165) is 17.7 Å². The minimum absolute atomic E-state index is 0.227. The van der Waals surface area contributed by atoms with E-state index >= 15 is 0 Å². The molecule has 0 radical (unpaired) electrons. The van der Waals surface area contributed by atoms with Gasteiger partial charge < -0.3 is 9.72 Å². The van der Waals surface area contributed by atoms with Gasteiger partial charge in [0, 0.05) is 11.8 Å². The molecule has 0 fully saturated rings. The fourth-order valence-electron chi connectivity index (χ4n) is 3.36. The molecule has 2 aromatic carbocycles. The maximum atomic E-state index is 14.0. The molecule has 1 amide bonds. The number of aromatic nitrogens is 2. The molecule has 0 bridgehead atoms. The summed E-state index contributed by atoms with van der Waals surface area (Å²) in [5, 5.41) is 2.27. The van der Waals surface area contributed by atoms with Crippen LogP contribution in [0.25, 0.3) is 16.9 Å². The van der Waals surface area contributed by atoms with Gasteiger partial charge in [0.25, 0.3) is 0 Å². The number of hydrogen-bond donors (Lipinski definition) is 1. The molecule has 8 heteroatoms. The first-order valence-electron chi connectivity index (χ1n) is 9.42. The molecule has 0 atom stereocenters. The molecule has 158 valence electrons. The third kappa shape index (κ3) is 3.88. The molecule has 0 saturated heterocycles. The van der Waals surface area contributed by atoms with Gasteiger partial charge in [-0.2, -0.15) is 0 Å². The SMILES string of the molecule is Cc1ccc2nc(-c3ccc(F)c(C)c3)c(CC(=O)Nc3ccc(F)c(F)c3F)n2c1. The Kier molecular flexibility index (Phi) is 5.22. The van der Waals surface area contributed by atoms with Gasteiger partial charge in [-0.1, -0.05) is 6.07 Å². The van der Waals surface area contributed by atoms with Crippen molar-refractivity contribution >= 4 is 17.2 Å². The zero-order valence-corrected chi connectivity index (χ0v) is 16.6. The number of carbonyl (C=O) groups is 1. The van der Waals surface area contributed by atoms with E-state index in [1.807, 2.05) is 13.0 Å². The number of rotatable bonds is 4. The molecule has 1 N–H and O–H groups in total. The van der Waals surface area contributed by atoms with Crippen molar-refractivity contribution in [2.24, 2.45) is 0 Å². The number of imidazole rings is 1. The minimum Gasteiger partial charge on any atom is -0.323 e. The smallest absolute Gasteiger partial charge is 0.230 e. The number of nitrogens with zero attached hydrogens (tertiary/aromatic N) is 2. The van der Waals surface area contributed by atoms with Gasteiger partial charge in [-0.3, -0.25) is 4.79 Å². The van der Waals surface area contributed by atoms with Crippen molar-refractivity contribution in [3.63, 3.8) is 0 Å². The van der Waals surface area contributed by atoms with Crippen LogP contribution in [0.4, 0.5) is 23.2 Å². The highest BCUT2D eigenvalue weighted by Crippen LogP contribution is 2.28. The summed E-state index contributed by atoms with van der Waals surface area (Å²) in [7, 11) is 0. The maximum absolute atomic E-state index is 14.0. The average molecular weight is 427 g/mol. The van der Waals surface area contributed by atoms with Crippen molar-refractivity contribution in [2.75, 3.05) is 5.32 Å². The van der Waals surface area contributed by atoms with Crippen LogP contribution in [-0.4, -0.2) is 15.3 Å². The lowest BCUT2D eigenvalue weighted by Gasteiger charge is -2.09. The van der Waals surface area contributed by atoms with Crippen molar-refractivity contribution in [1.29, 1.82) is 0 Å². The van der Waals surface area contributed by atoms with Gasteiger partial charge >= 0.3 is 0 Å². The van der Waals surface area contributed by atoms with Crippen LogP contribution in [0.2, 0.25) is 0 Å². The number of fused-ring (bicyclic) bond motifs is 1. The normalized spacial score (nSPS) is 11.2. The summed E-state index contributed by atoms with van der Waals surface area (Å²) in [5.41, 5.74) is 3.02. The summed E-state index contributed by atoms with van der Waals surface area (Å²) in [6, 6.07) is 9.84. The summed E-state index contributed by atoms with van der Waals surface area (Å²) < 4.78 is 56.1. The minimum atomic E-state index is -1.66. The Labute approximate surface area is 175 Å². The van der Waals surface area contributed by atoms with Gasteiger partial charge in [-0.05, 0) is 61.4 Å². The molecule has 2 aromatic heterocycles. The first kappa shape index (κ1) is 20.6. The maximum Gasteiger partial charge on any atom is 0.230 e. The lowest BCUT2D eigenvalue weighted by molar-refractivity contribution is -0.115. The Balaban J connectivity index is 1.75. The number of anilines is 1. The highest BCUT2D eigenvalue weighted by atomic mass is 19.2. The molecule has 0 aliphatic rings. The molecular formula is C23H17F4N3O. The van der Waals surface area contributed by atoms with Gasteiger partial charge in [0.2, 0.25) is 5.91 Å². The van der Waals surface area contributed by atoms with E-state index in [1.165, 1.54) is 6.07 Å². The number of hydrogen-bond acceptors (Lipinski definition) is 2. The third-order valence-electron chi connectivity index (χ3n) is 4.93. The van der Waals surface area contributed by atoms with E-state index in [4.69, 9.17) is 0 Å². The van der Waals surface area contributed by atoms with Crippen LogP contribution < -0.4 is 5.32 Å². The molecule has 0 aliphatic carbocycles. The van der Waals surface area contributed by atoms with Gasteiger partial charge in [-0.25, -0.2) is 22.5 Å². The number of carbonyl (C=O) groups excluding carboxylic acids is 1. The van der Waals surface area contributed by atoms with Crippen LogP contribution in [0.3, 0.4) is 0 Å². The second-order valence-corrected chi connectivity index (χ2v) is 7.25. The van der Waals surface area contributed by atoms with E-state index in [2.05, 4.69) is 10.3 Å². The van der Waals surface area contributed by atoms with Crippen molar-refractivity contribution < 1.29 is 22.4 Å². The van der Waals surface area contributed by atoms with Crippen molar-refractivity contribution in [3.8, 4) is 11.3 Å². The number of nitrogens with one attached hydrogen (secondary N) is 1. The molecule has 0 unspecified atom stereocenters. The standard InChI is InChI=1S/C23H17F4N3O/c1-12-3-8-19-29-23(14-4-5-15(24)13(2)9-14)18(30(19)11-12)10-20(31)28-17-7-6-16(25)21(26)22(17)27/h3-9,11H,10H2,1-2H3,(H,28,31). The van der Waals surface area contributed by atoms with E-state index < -0.39 is 29.0 Å². The van der Waals surface area contributed by atoms with Crippen molar-refractivity contribution in [2.45, 2.75) is 20.3 Å². The lowest BCUT2D eigenvalue weighted by atomic mass is 10.1. The predicted molar refractivity (Wildman–Crippen MR) is 109 cm³/mol. The largest absolute Gasteiger partial charge is 0.323 e. The number of aryl methyl sites for hydroxylation is 2. The van der Waals surface area contributed by atoms with Crippen LogP contribution in [0.1, 0.15) is 16.8 Å². The molecule has 0 saturated carbocycles. The molecule has 4 rings (SSSR count). The van der Waals surface area contributed by atoms with Crippen LogP contribution in [-0.2, 0) is 11.2 Å². The predicted octanol–water partition coefficient (Wildman–Crippen LogP) is 5.36. The van der Waals surface area contributed by atoms with E-state index in [1.54, 1.807) is 35.7 Å². The highest BCUT2D eigenvalue weighted by molar-refractivity contribution is 5.93. The second-order valence-electron chi connectivity index (χ2n) is 7.25. The second kappa shape index (κ2) is 7.86. The first-order chi connectivity index (χ1) is 14.7. The molecule has 0 aliphatic heterocycles. The van der Waals surface area contributed by atoms with E-state index in [-0.39, 0.29) is 12.2 Å².